The van der Waals surface area contributed by atoms with Crippen LogP contribution in [-0.2, 0) is 4.74 Å². The van der Waals surface area contributed by atoms with E-state index in [9.17, 15) is 4.79 Å². The molecule has 0 bridgehead atoms. The van der Waals surface area contributed by atoms with E-state index in [1.165, 1.54) is 0 Å². The fourth-order valence-corrected chi connectivity index (χ4v) is 4.02. The van der Waals surface area contributed by atoms with Gasteiger partial charge < -0.3 is 15.0 Å². The molecule has 0 spiro atoms. The topological polar surface area (TPSA) is 113 Å². The number of hydrogen-bond donors (Lipinski definition) is 2. The molecular weight excluding hydrogens is 408 g/mol. The Hall–Kier alpha value is -3.79. The quantitative estimate of drug-likeness (QED) is 0.493. The molecule has 0 amide bonds. The number of morpholine rings is 1. The highest BCUT2D eigenvalue weighted by Crippen LogP contribution is 2.29. The highest BCUT2D eigenvalue weighted by atomic mass is 16.5. The molecule has 1 atom stereocenters. The lowest BCUT2D eigenvalue weighted by atomic mass is 10.1. The van der Waals surface area contributed by atoms with Gasteiger partial charge in [-0.2, -0.15) is 5.21 Å². The summed E-state index contributed by atoms with van der Waals surface area (Å²) in [6.45, 7) is 6.73. The Kier molecular flexibility index (Phi) is 5.28. The summed E-state index contributed by atoms with van der Waals surface area (Å²) in [5.41, 5.74) is 4.16. The van der Waals surface area contributed by atoms with Gasteiger partial charge in [0.15, 0.2) is 0 Å². The summed E-state index contributed by atoms with van der Waals surface area (Å²) in [7, 11) is 0. The molecule has 3 aromatic heterocycles. The van der Waals surface area contributed by atoms with Gasteiger partial charge in [0.1, 0.15) is 11.5 Å². The summed E-state index contributed by atoms with van der Waals surface area (Å²) < 4.78 is 7.07. The highest BCUT2D eigenvalue weighted by Gasteiger charge is 2.19. The summed E-state index contributed by atoms with van der Waals surface area (Å²) in [6.07, 6.45) is 1.83. The van der Waals surface area contributed by atoms with Gasteiger partial charge in [-0.05, 0) is 42.8 Å². The Morgan fingerprint density at radius 1 is 1.19 bits per heavy atom. The van der Waals surface area contributed by atoms with Crippen molar-refractivity contribution in [2.75, 3.05) is 36.5 Å². The lowest BCUT2D eigenvalue weighted by molar-refractivity contribution is 0.122. The van der Waals surface area contributed by atoms with E-state index >= 15 is 0 Å². The smallest absolute Gasteiger partial charge is 0.259 e. The molecule has 1 aromatic carbocycles. The summed E-state index contributed by atoms with van der Waals surface area (Å²) in [4.78, 5) is 19.9. The predicted octanol–water partition coefficient (Wildman–Crippen LogP) is 2.19. The highest BCUT2D eigenvalue weighted by molar-refractivity contribution is 5.73. The number of aryl methyl sites for hydroxylation is 1. The number of pyridine rings is 1. The summed E-state index contributed by atoms with van der Waals surface area (Å²) in [6, 6.07) is 11.3. The molecule has 164 valence electrons. The first kappa shape index (κ1) is 20.1. The Bertz CT molecular complexity index is 1300. The average Bonchev–Trinajstić information content (AvgIpc) is 3.35. The number of aromatic nitrogens is 6. The van der Waals surface area contributed by atoms with Gasteiger partial charge in [0.25, 0.3) is 5.56 Å². The van der Waals surface area contributed by atoms with Crippen molar-refractivity contribution in [3.8, 4) is 11.4 Å². The van der Waals surface area contributed by atoms with Gasteiger partial charge in [0.05, 0.1) is 19.3 Å². The van der Waals surface area contributed by atoms with E-state index in [0.717, 1.165) is 35.5 Å². The van der Waals surface area contributed by atoms with Crippen molar-refractivity contribution in [2.24, 2.45) is 0 Å². The number of nitrogens with one attached hydrogen (secondary N) is 2. The lowest BCUT2D eigenvalue weighted by Gasteiger charge is -2.28. The summed E-state index contributed by atoms with van der Waals surface area (Å²) >= 11 is 0. The van der Waals surface area contributed by atoms with Crippen LogP contribution < -0.4 is 15.8 Å². The van der Waals surface area contributed by atoms with Crippen LogP contribution in [0.25, 0.3) is 17.0 Å². The maximum atomic E-state index is 13.0. The first-order valence-corrected chi connectivity index (χ1v) is 10.6. The minimum Gasteiger partial charge on any atom is -0.378 e. The molecule has 1 aliphatic rings. The second kappa shape index (κ2) is 8.39. The maximum absolute atomic E-state index is 13.0. The monoisotopic (exact) mass is 432 g/mol. The molecule has 0 saturated carbocycles. The Morgan fingerprint density at radius 3 is 2.78 bits per heavy atom. The normalized spacial score (nSPS) is 15.1. The molecule has 1 unspecified atom stereocenters. The molecule has 32 heavy (non-hydrogen) atoms. The molecule has 4 aromatic rings. The molecule has 0 aliphatic carbocycles. The second-order valence-electron chi connectivity index (χ2n) is 7.87. The number of nitrogens with zero attached hydrogens (tertiary/aromatic N) is 6. The number of hydrogen-bond acceptors (Lipinski definition) is 8. The van der Waals surface area contributed by atoms with Gasteiger partial charge in [-0.25, -0.2) is 4.98 Å². The van der Waals surface area contributed by atoms with Crippen molar-refractivity contribution in [3.05, 3.63) is 64.1 Å². The number of para-hydroxylation sites is 1. The maximum Gasteiger partial charge on any atom is 0.259 e. The lowest BCUT2D eigenvalue weighted by Crippen LogP contribution is -2.37. The number of ether oxygens (including phenoxy) is 1. The van der Waals surface area contributed by atoms with Crippen LogP contribution in [0.15, 0.2) is 47.4 Å². The second-order valence-corrected chi connectivity index (χ2v) is 7.87. The van der Waals surface area contributed by atoms with Crippen LogP contribution in [-0.4, -0.2) is 56.3 Å². The zero-order valence-electron chi connectivity index (χ0n) is 17.9. The van der Waals surface area contributed by atoms with E-state index in [0.29, 0.717) is 30.5 Å². The number of tetrazole rings is 1. The van der Waals surface area contributed by atoms with Gasteiger partial charge in [-0.15, -0.1) is 10.2 Å². The zero-order chi connectivity index (χ0) is 22.1. The summed E-state index contributed by atoms with van der Waals surface area (Å²) in [5.74, 6) is 1.20. The molecule has 2 N–H and O–H groups in total. The molecular formula is C22H24N8O2. The minimum absolute atomic E-state index is 0.0964. The van der Waals surface area contributed by atoms with Crippen molar-refractivity contribution < 1.29 is 4.74 Å². The Labute approximate surface area is 184 Å². The van der Waals surface area contributed by atoms with Crippen molar-refractivity contribution in [2.45, 2.75) is 19.9 Å². The van der Waals surface area contributed by atoms with Crippen LogP contribution in [0.3, 0.4) is 0 Å². The van der Waals surface area contributed by atoms with Crippen LogP contribution in [0.5, 0.6) is 0 Å². The van der Waals surface area contributed by atoms with Crippen molar-refractivity contribution in [1.82, 2.24) is 30.0 Å². The van der Waals surface area contributed by atoms with Gasteiger partial charge in [-0.1, -0.05) is 12.1 Å². The average molecular weight is 432 g/mol. The van der Waals surface area contributed by atoms with E-state index in [1.54, 1.807) is 10.5 Å². The SMILES string of the molecule is Cc1cc(C(C)Nc2ccccc2-c2nn[nH]n2)c2nc(N3CCOCC3)cc(=O)n2c1. The van der Waals surface area contributed by atoms with Crippen molar-refractivity contribution in [3.63, 3.8) is 0 Å². The molecule has 10 heteroatoms. The number of anilines is 2. The van der Waals surface area contributed by atoms with Crippen LogP contribution in [0.4, 0.5) is 11.5 Å². The predicted molar refractivity (Wildman–Crippen MR) is 121 cm³/mol. The number of rotatable bonds is 5. The third-order valence-electron chi connectivity index (χ3n) is 5.60. The number of benzene rings is 1. The van der Waals surface area contributed by atoms with E-state index in [2.05, 4.69) is 43.8 Å². The van der Waals surface area contributed by atoms with E-state index < -0.39 is 0 Å². The third-order valence-corrected chi connectivity index (χ3v) is 5.60. The fourth-order valence-electron chi connectivity index (χ4n) is 4.02. The molecule has 10 nitrogen and oxygen atoms in total. The zero-order valence-corrected chi connectivity index (χ0v) is 17.9. The van der Waals surface area contributed by atoms with Crippen LogP contribution in [0.2, 0.25) is 0 Å². The first-order valence-electron chi connectivity index (χ1n) is 10.6. The largest absolute Gasteiger partial charge is 0.378 e. The summed E-state index contributed by atoms with van der Waals surface area (Å²) in [5, 5.41) is 17.9. The van der Waals surface area contributed by atoms with Gasteiger partial charge in [-0.3, -0.25) is 9.20 Å². The molecule has 1 aliphatic heterocycles. The van der Waals surface area contributed by atoms with E-state index in [4.69, 9.17) is 9.72 Å². The Balaban J connectivity index is 1.56. The van der Waals surface area contributed by atoms with Crippen LogP contribution in [0.1, 0.15) is 24.1 Å². The van der Waals surface area contributed by atoms with Crippen LogP contribution in [0, 0.1) is 6.92 Å². The Morgan fingerprint density at radius 2 is 2.00 bits per heavy atom. The first-order chi connectivity index (χ1) is 15.6. The van der Waals surface area contributed by atoms with Crippen LogP contribution >= 0.6 is 0 Å². The fraction of sp³-hybridized carbons (Fsp3) is 0.318. The molecule has 4 heterocycles. The van der Waals surface area contributed by atoms with Crippen molar-refractivity contribution >= 4 is 17.2 Å². The van der Waals surface area contributed by atoms with Crippen molar-refractivity contribution in [1.29, 1.82) is 0 Å². The number of aromatic amines is 1. The standard InChI is InChI=1S/C22H24N8O2/c1-14-11-17(15(2)23-18-6-4-3-5-16(18)21-25-27-28-26-21)22-24-19(12-20(31)30(22)13-14)29-7-9-32-10-8-29/h3-6,11-13,15,23H,7-10H2,1-2H3,(H,25,26,27,28). The number of H-pyrrole nitrogens is 1. The minimum atomic E-state index is -0.134. The molecule has 1 fully saturated rings. The third kappa shape index (κ3) is 3.80. The number of fused-ring (bicyclic) bond motifs is 1. The van der Waals surface area contributed by atoms with Gasteiger partial charge in [0.2, 0.25) is 5.82 Å². The van der Waals surface area contributed by atoms with Gasteiger partial charge in [0, 0.05) is 42.2 Å². The molecule has 5 rings (SSSR count). The van der Waals surface area contributed by atoms with Gasteiger partial charge >= 0.3 is 0 Å². The molecule has 1 saturated heterocycles. The van der Waals surface area contributed by atoms with E-state index in [-0.39, 0.29) is 11.6 Å². The van der Waals surface area contributed by atoms with E-state index in [1.807, 2.05) is 37.4 Å². The molecule has 0 radical (unpaired) electrons.